The third-order valence-corrected chi connectivity index (χ3v) is 5.67. The van der Waals surface area contributed by atoms with Crippen LogP contribution in [0, 0.1) is 11.8 Å². The smallest absolute Gasteiger partial charge is 0.166 e. The zero-order valence-corrected chi connectivity index (χ0v) is 13.6. The van der Waals surface area contributed by atoms with E-state index in [0.29, 0.717) is 6.04 Å². The highest BCUT2D eigenvalue weighted by Crippen LogP contribution is 2.44. The van der Waals surface area contributed by atoms with Crippen molar-refractivity contribution in [3.05, 3.63) is 36.0 Å². The lowest BCUT2D eigenvalue weighted by molar-refractivity contribution is 0.389. The zero-order chi connectivity index (χ0) is 14.9. The largest absolute Gasteiger partial charge is 0.362 e. The van der Waals surface area contributed by atoms with Crippen LogP contribution in [0.1, 0.15) is 31.2 Å². The van der Waals surface area contributed by atoms with E-state index in [2.05, 4.69) is 46.1 Å². The van der Waals surface area contributed by atoms with Crippen molar-refractivity contribution >= 4 is 28.2 Å². The average molecular weight is 313 g/mol. The third-order valence-electron chi connectivity index (χ3n) is 5.41. The van der Waals surface area contributed by atoms with Crippen LogP contribution in [0.5, 0.6) is 0 Å². The molecule has 22 heavy (non-hydrogen) atoms. The summed E-state index contributed by atoms with van der Waals surface area (Å²) in [6.45, 7) is 0.883. The van der Waals surface area contributed by atoms with Crippen molar-refractivity contribution in [1.29, 1.82) is 0 Å². The molecule has 116 valence electrons. The fourth-order valence-corrected chi connectivity index (χ4v) is 4.54. The summed E-state index contributed by atoms with van der Waals surface area (Å²) in [5.41, 5.74) is 2.56. The first kappa shape index (κ1) is 14.1. The number of thiocarbonyl (C=S) groups is 1. The lowest BCUT2D eigenvalue weighted by Gasteiger charge is -2.24. The fraction of sp³-hybridized carbons (Fsp3) is 0.500. The summed E-state index contributed by atoms with van der Waals surface area (Å²) in [6.07, 6.45) is 8.65. The zero-order valence-electron chi connectivity index (χ0n) is 12.8. The predicted molar refractivity (Wildman–Crippen MR) is 95.0 cm³/mol. The number of para-hydroxylation sites is 1. The molecule has 2 aliphatic rings. The van der Waals surface area contributed by atoms with E-state index in [4.69, 9.17) is 12.2 Å². The van der Waals surface area contributed by atoms with Crippen molar-refractivity contribution in [1.82, 2.24) is 15.6 Å². The topological polar surface area (TPSA) is 39.9 Å². The Hall–Kier alpha value is -1.55. The van der Waals surface area contributed by atoms with Crippen molar-refractivity contribution < 1.29 is 0 Å². The minimum absolute atomic E-state index is 0.617. The number of H-pyrrole nitrogens is 1. The molecular weight excluding hydrogens is 290 g/mol. The monoisotopic (exact) mass is 313 g/mol. The molecule has 4 heteroatoms. The lowest BCUT2D eigenvalue weighted by atomic mass is 9.96. The Morgan fingerprint density at radius 1 is 1.23 bits per heavy atom. The number of fused-ring (bicyclic) bond motifs is 3. The molecule has 2 aromatic rings. The molecule has 0 radical (unpaired) electrons. The first-order valence-electron chi connectivity index (χ1n) is 8.39. The Labute approximate surface area is 136 Å². The molecule has 1 heterocycles. The molecule has 1 aromatic heterocycles. The third kappa shape index (κ3) is 2.72. The highest BCUT2D eigenvalue weighted by molar-refractivity contribution is 7.80. The second-order valence-electron chi connectivity index (χ2n) is 6.79. The van der Waals surface area contributed by atoms with E-state index in [1.807, 2.05) is 0 Å². The van der Waals surface area contributed by atoms with Gasteiger partial charge < -0.3 is 15.6 Å². The van der Waals surface area contributed by atoms with Gasteiger partial charge in [-0.15, -0.1) is 0 Å². The fourth-order valence-electron chi connectivity index (χ4n) is 4.29. The van der Waals surface area contributed by atoms with Gasteiger partial charge in [0.2, 0.25) is 0 Å². The standard InChI is InChI=1S/C18H23N3S/c22-18(21-17-10-12-5-6-13(17)9-12)19-8-7-14-11-20-16-4-2-1-3-15(14)16/h1-4,11-13,17,20H,5-10H2,(H2,19,21,22)/t12-,13-,17-/m1/s1. The summed E-state index contributed by atoms with van der Waals surface area (Å²) in [6, 6.07) is 9.07. The number of benzene rings is 1. The number of aromatic nitrogens is 1. The average Bonchev–Trinajstić information content (AvgIpc) is 3.23. The number of aromatic amines is 1. The number of hydrogen-bond acceptors (Lipinski definition) is 1. The van der Waals surface area contributed by atoms with Crippen LogP contribution in [-0.2, 0) is 6.42 Å². The number of hydrogen-bond donors (Lipinski definition) is 3. The van der Waals surface area contributed by atoms with Gasteiger partial charge in [-0.1, -0.05) is 24.6 Å². The van der Waals surface area contributed by atoms with E-state index in [-0.39, 0.29) is 0 Å². The first-order chi connectivity index (χ1) is 10.8. The molecule has 2 saturated carbocycles. The second-order valence-corrected chi connectivity index (χ2v) is 7.20. The van der Waals surface area contributed by atoms with E-state index in [9.17, 15) is 0 Å². The van der Waals surface area contributed by atoms with Crippen LogP contribution in [0.4, 0.5) is 0 Å². The molecule has 3 atom stereocenters. The molecule has 0 aliphatic heterocycles. The van der Waals surface area contributed by atoms with Gasteiger partial charge in [-0.2, -0.15) is 0 Å². The summed E-state index contributed by atoms with van der Waals surface area (Å²) in [7, 11) is 0. The molecule has 0 spiro atoms. The Bertz CT molecular complexity index is 678. The van der Waals surface area contributed by atoms with Crippen LogP contribution in [0.2, 0.25) is 0 Å². The van der Waals surface area contributed by atoms with E-state index in [1.165, 1.54) is 42.1 Å². The van der Waals surface area contributed by atoms with E-state index in [1.54, 1.807) is 0 Å². The van der Waals surface area contributed by atoms with Gasteiger partial charge in [0.1, 0.15) is 0 Å². The van der Waals surface area contributed by atoms with Gasteiger partial charge in [-0.05, 0) is 61.4 Å². The quantitative estimate of drug-likeness (QED) is 0.758. The first-order valence-corrected chi connectivity index (χ1v) is 8.80. The maximum absolute atomic E-state index is 5.47. The summed E-state index contributed by atoms with van der Waals surface area (Å²) in [5.74, 6) is 1.81. The lowest BCUT2D eigenvalue weighted by Crippen LogP contribution is -2.44. The van der Waals surface area contributed by atoms with Gasteiger partial charge in [0.25, 0.3) is 0 Å². The van der Waals surface area contributed by atoms with Crippen molar-refractivity contribution in [2.24, 2.45) is 11.8 Å². The highest BCUT2D eigenvalue weighted by atomic mass is 32.1. The minimum Gasteiger partial charge on any atom is -0.362 e. The van der Waals surface area contributed by atoms with Gasteiger partial charge in [0.15, 0.2) is 5.11 Å². The molecule has 1 aromatic carbocycles. The van der Waals surface area contributed by atoms with E-state index < -0.39 is 0 Å². The molecule has 2 aliphatic carbocycles. The Morgan fingerprint density at radius 3 is 2.95 bits per heavy atom. The predicted octanol–water partition coefficient (Wildman–Crippen LogP) is 3.36. The van der Waals surface area contributed by atoms with E-state index in [0.717, 1.165) is 29.9 Å². The number of nitrogens with one attached hydrogen (secondary N) is 3. The Kier molecular flexibility index (Phi) is 3.78. The maximum atomic E-state index is 5.47. The Balaban J connectivity index is 1.27. The molecule has 4 rings (SSSR count). The van der Waals surface area contributed by atoms with Crippen molar-refractivity contribution in [3.63, 3.8) is 0 Å². The van der Waals surface area contributed by atoms with Crippen molar-refractivity contribution in [2.75, 3.05) is 6.54 Å². The highest BCUT2D eigenvalue weighted by Gasteiger charge is 2.39. The van der Waals surface area contributed by atoms with Crippen molar-refractivity contribution in [2.45, 2.75) is 38.1 Å². The summed E-state index contributed by atoms with van der Waals surface area (Å²) >= 11 is 5.47. The molecular formula is C18H23N3S. The van der Waals surface area contributed by atoms with Crippen LogP contribution in [0.3, 0.4) is 0 Å². The molecule has 0 saturated heterocycles. The molecule has 3 nitrogen and oxygen atoms in total. The van der Waals surface area contributed by atoms with E-state index >= 15 is 0 Å². The van der Waals surface area contributed by atoms with Gasteiger partial charge in [-0.25, -0.2) is 0 Å². The summed E-state index contributed by atoms with van der Waals surface area (Å²) in [4.78, 5) is 3.33. The van der Waals surface area contributed by atoms with Gasteiger partial charge in [-0.3, -0.25) is 0 Å². The van der Waals surface area contributed by atoms with Gasteiger partial charge in [0.05, 0.1) is 0 Å². The number of rotatable bonds is 4. The molecule has 2 fully saturated rings. The van der Waals surface area contributed by atoms with Crippen LogP contribution >= 0.6 is 12.2 Å². The van der Waals surface area contributed by atoms with Crippen LogP contribution < -0.4 is 10.6 Å². The SMILES string of the molecule is S=C(NCCc1c[nH]c2ccccc12)N[C@@H]1C[C@@H]2CC[C@@H]1C2. The van der Waals surface area contributed by atoms with Crippen LogP contribution in [0.25, 0.3) is 10.9 Å². The minimum atomic E-state index is 0.617. The van der Waals surface area contributed by atoms with Crippen molar-refractivity contribution in [3.8, 4) is 0 Å². The normalized spacial score (nSPS) is 26.5. The molecule has 0 unspecified atom stereocenters. The van der Waals surface area contributed by atoms with Gasteiger partial charge in [0, 0.05) is 29.7 Å². The molecule has 2 bridgehead atoms. The van der Waals surface area contributed by atoms with Crippen LogP contribution in [0.15, 0.2) is 30.5 Å². The van der Waals surface area contributed by atoms with Crippen LogP contribution in [-0.4, -0.2) is 22.7 Å². The Morgan fingerprint density at radius 2 is 2.14 bits per heavy atom. The molecule has 3 N–H and O–H groups in total. The van der Waals surface area contributed by atoms with Gasteiger partial charge >= 0.3 is 0 Å². The summed E-state index contributed by atoms with van der Waals surface area (Å²) in [5, 5.41) is 9.07. The molecule has 0 amide bonds. The maximum Gasteiger partial charge on any atom is 0.166 e. The second kappa shape index (κ2) is 5.92. The summed E-state index contributed by atoms with van der Waals surface area (Å²) < 4.78 is 0.